The summed E-state index contributed by atoms with van der Waals surface area (Å²) in [6, 6.07) is 12.9. The Morgan fingerprint density at radius 3 is 2.49 bits per heavy atom. The van der Waals surface area contributed by atoms with E-state index in [4.69, 9.17) is 4.74 Å². The zero-order chi connectivity index (χ0) is 24.4. The molecule has 0 spiro atoms. The quantitative estimate of drug-likeness (QED) is 0.517. The van der Waals surface area contributed by atoms with Crippen LogP contribution in [0.1, 0.15) is 36.8 Å². The Balaban J connectivity index is 1.19. The molecule has 5 rings (SSSR count). The van der Waals surface area contributed by atoms with Crippen molar-refractivity contribution >= 4 is 32.4 Å². The van der Waals surface area contributed by atoms with Gasteiger partial charge in [-0.2, -0.15) is 4.31 Å². The number of rotatable bonds is 6. The summed E-state index contributed by atoms with van der Waals surface area (Å²) in [5.74, 6) is 0.266. The largest absolute Gasteiger partial charge is 0.497 e. The van der Waals surface area contributed by atoms with Crippen molar-refractivity contribution in [3.63, 3.8) is 0 Å². The van der Waals surface area contributed by atoms with Crippen LogP contribution < -0.4 is 10.1 Å². The summed E-state index contributed by atoms with van der Waals surface area (Å²) in [6.07, 6.45) is 5.70. The van der Waals surface area contributed by atoms with E-state index in [0.717, 1.165) is 24.1 Å². The van der Waals surface area contributed by atoms with E-state index < -0.39 is 10.0 Å². The fourth-order valence-corrected chi connectivity index (χ4v) is 7.01. The Morgan fingerprint density at radius 2 is 1.77 bits per heavy atom. The second-order valence-corrected chi connectivity index (χ2v) is 11.9. The molecule has 2 aliphatic rings. The summed E-state index contributed by atoms with van der Waals surface area (Å²) >= 11 is 1.42. The molecular formula is C26H29N3O4S2. The van der Waals surface area contributed by atoms with Crippen molar-refractivity contribution in [2.24, 2.45) is 5.92 Å². The van der Waals surface area contributed by atoms with E-state index >= 15 is 0 Å². The van der Waals surface area contributed by atoms with Gasteiger partial charge in [0.05, 0.1) is 17.7 Å². The minimum atomic E-state index is -3.59. The lowest BCUT2D eigenvalue weighted by atomic mass is 9.90. The number of aromatic nitrogens is 1. The first-order chi connectivity index (χ1) is 16.9. The number of ether oxygens (including phenoxy) is 1. The average Bonchev–Trinajstić information content (AvgIpc) is 3.37. The molecule has 1 aliphatic heterocycles. The molecule has 1 aromatic heterocycles. The molecule has 1 fully saturated rings. The maximum absolute atomic E-state index is 13.0. The molecule has 3 aromatic rings. The second-order valence-electron chi connectivity index (χ2n) is 9.07. The van der Waals surface area contributed by atoms with Crippen LogP contribution >= 0.6 is 11.3 Å². The minimum Gasteiger partial charge on any atom is -0.497 e. The van der Waals surface area contributed by atoms with Gasteiger partial charge in [0.1, 0.15) is 5.75 Å². The van der Waals surface area contributed by atoms with Crippen molar-refractivity contribution in [3.05, 3.63) is 59.0 Å². The van der Waals surface area contributed by atoms with Gasteiger partial charge in [-0.3, -0.25) is 4.79 Å². The van der Waals surface area contributed by atoms with Crippen LogP contribution in [0, 0.1) is 5.92 Å². The van der Waals surface area contributed by atoms with Gasteiger partial charge in [-0.1, -0.05) is 12.1 Å². The van der Waals surface area contributed by atoms with Gasteiger partial charge in [0.2, 0.25) is 15.9 Å². The lowest BCUT2D eigenvalue weighted by molar-refractivity contribution is -0.120. The van der Waals surface area contributed by atoms with Crippen LogP contribution in [0.25, 0.3) is 11.3 Å². The molecule has 0 unspecified atom stereocenters. The lowest BCUT2D eigenvalue weighted by Gasteiger charge is -2.30. The van der Waals surface area contributed by atoms with Crippen LogP contribution in [-0.2, 0) is 27.7 Å². The molecule has 1 amide bonds. The van der Waals surface area contributed by atoms with Crippen LogP contribution in [0.5, 0.6) is 5.75 Å². The molecule has 0 saturated carbocycles. The summed E-state index contributed by atoms with van der Waals surface area (Å²) in [5, 5.41) is 5.50. The van der Waals surface area contributed by atoms with Crippen molar-refractivity contribution in [3.8, 4) is 17.0 Å². The van der Waals surface area contributed by atoms with Crippen LogP contribution in [0.15, 0.2) is 52.7 Å². The molecule has 0 bridgehead atoms. The zero-order valence-corrected chi connectivity index (χ0v) is 21.3. The van der Waals surface area contributed by atoms with Gasteiger partial charge >= 0.3 is 0 Å². The predicted octanol–water partition coefficient (Wildman–Crippen LogP) is 4.74. The minimum absolute atomic E-state index is 0.0992. The topological polar surface area (TPSA) is 88.6 Å². The number of benzene rings is 2. The monoisotopic (exact) mass is 511 g/mol. The first kappa shape index (κ1) is 24.0. The Kier molecular flexibility index (Phi) is 6.91. The molecule has 2 heterocycles. The predicted molar refractivity (Wildman–Crippen MR) is 137 cm³/mol. The summed E-state index contributed by atoms with van der Waals surface area (Å²) in [5.41, 5.74) is 4.80. The van der Waals surface area contributed by atoms with E-state index in [0.29, 0.717) is 36.8 Å². The summed E-state index contributed by atoms with van der Waals surface area (Å²) < 4.78 is 32.5. The molecule has 0 radical (unpaired) electrons. The summed E-state index contributed by atoms with van der Waals surface area (Å²) in [4.78, 5) is 17.8. The number of hydrogen-bond donors (Lipinski definition) is 1. The molecule has 1 aliphatic carbocycles. The van der Waals surface area contributed by atoms with E-state index in [2.05, 4.69) is 28.5 Å². The van der Waals surface area contributed by atoms with Gasteiger partial charge in [-0.05, 0) is 80.0 Å². The third-order valence-electron chi connectivity index (χ3n) is 6.90. The Morgan fingerprint density at radius 1 is 1.06 bits per heavy atom. The first-order valence-corrected chi connectivity index (χ1v) is 14.3. The number of hydrogen-bond acceptors (Lipinski definition) is 6. The highest BCUT2D eigenvalue weighted by molar-refractivity contribution is 7.89. The number of nitrogens with zero attached hydrogens (tertiary/aromatic N) is 2. The van der Waals surface area contributed by atoms with E-state index in [1.165, 1.54) is 39.6 Å². The van der Waals surface area contributed by atoms with Crippen LogP contribution in [0.4, 0.5) is 5.13 Å². The summed E-state index contributed by atoms with van der Waals surface area (Å²) in [6.45, 7) is 0.620. The van der Waals surface area contributed by atoms with Gasteiger partial charge in [-0.15, -0.1) is 11.3 Å². The first-order valence-electron chi connectivity index (χ1n) is 12.0. The Hall–Kier alpha value is -2.75. The number of carbonyl (C=O) groups is 1. The van der Waals surface area contributed by atoms with E-state index in [-0.39, 0.29) is 16.7 Å². The lowest BCUT2D eigenvalue weighted by Crippen LogP contribution is -2.41. The number of amides is 1. The highest BCUT2D eigenvalue weighted by Gasteiger charge is 2.32. The molecule has 9 heteroatoms. The molecule has 184 valence electrons. The maximum atomic E-state index is 13.0. The fraction of sp³-hybridized carbons (Fsp3) is 0.385. The van der Waals surface area contributed by atoms with Crippen LogP contribution in [0.3, 0.4) is 0 Å². The van der Waals surface area contributed by atoms with Gasteiger partial charge in [0, 0.05) is 30.0 Å². The number of carbonyl (C=O) groups excluding carboxylic acids is 1. The number of aryl methyl sites for hydroxylation is 2. The summed E-state index contributed by atoms with van der Waals surface area (Å²) in [7, 11) is -2.05. The molecule has 2 aromatic carbocycles. The number of methoxy groups -OCH3 is 1. The van der Waals surface area contributed by atoms with Gasteiger partial charge in [0.15, 0.2) is 5.13 Å². The van der Waals surface area contributed by atoms with Gasteiger partial charge in [-0.25, -0.2) is 13.4 Å². The fourth-order valence-electron chi connectivity index (χ4n) is 4.82. The molecular weight excluding hydrogens is 482 g/mol. The highest BCUT2D eigenvalue weighted by Crippen LogP contribution is 2.31. The zero-order valence-electron chi connectivity index (χ0n) is 19.7. The SMILES string of the molecule is COc1ccc(S(=O)(=O)N2CCC(C(=O)Nc3nc(-c4ccc5c(c4)CCCC5)cs3)CC2)cc1. The Labute approximate surface area is 210 Å². The van der Waals surface area contributed by atoms with Crippen molar-refractivity contribution < 1.29 is 17.9 Å². The Bertz CT molecular complexity index is 1310. The highest BCUT2D eigenvalue weighted by atomic mass is 32.2. The van der Waals surface area contributed by atoms with Crippen LogP contribution in [0.2, 0.25) is 0 Å². The van der Waals surface area contributed by atoms with Crippen LogP contribution in [-0.4, -0.2) is 43.8 Å². The van der Waals surface area contributed by atoms with E-state index in [9.17, 15) is 13.2 Å². The number of piperidine rings is 1. The molecule has 1 saturated heterocycles. The third-order valence-corrected chi connectivity index (χ3v) is 9.57. The van der Waals surface area contributed by atoms with Crippen molar-refractivity contribution in [2.45, 2.75) is 43.4 Å². The normalized spacial score (nSPS) is 17.1. The molecule has 0 atom stereocenters. The van der Waals surface area contributed by atoms with Crippen molar-refractivity contribution in [1.29, 1.82) is 0 Å². The number of thiazole rings is 1. The number of fused-ring (bicyclic) bond motifs is 1. The van der Waals surface area contributed by atoms with Crippen molar-refractivity contribution in [1.82, 2.24) is 9.29 Å². The average molecular weight is 512 g/mol. The number of sulfonamides is 1. The van der Waals surface area contributed by atoms with E-state index in [1.807, 2.05) is 5.38 Å². The standard InChI is InChI=1S/C26H29N3O4S2/c1-33-22-8-10-23(11-9-22)35(31,32)29-14-12-19(13-15-29)25(30)28-26-27-24(17-34-26)21-7-6-18-4-2-3-5-20(18)16-21/h6-11,16-17,19H,2-5,12-15H2,1H3,(H,27,28,30). The smallest absolute Gasteiger partial charge is 0.243 e. The van der Waals surface area contributed by atoms with E-state index in [1.54, 1.807) is 31.4 Å². The van der Waals surface area contributed by atoms with Crippen molar-refractivity contribution in [2.75, 3.05) is 25.5 Å². The molecule has 1 N–H and O–H groups in total. The van der Waals surface area contributed by atoms with Gasteiger partial charge in [0.25, 0.3) is 0 Å². The molecule has 35 heavy (non-hydrogen) atoms. The number of nitrogens with one attached hydrogen (secondary N) is 1. The maximum Gasteiger partial charge on any atom is 0.243 e. The number of anilines is 1. The third kappa shape index (κ3) is 5.12. The van der Waals surface area contributed by atoms with Gasteiger partial charge < -0.3 is 10.1 Å². The second kappa shape index (κ2) is 10.1. The molecule has 7 nitrogen and oxygen atoms in total.